The Hall–Kier alpha value is -0.770. The van der Waals surface area contributed by atoms with Gasteiger partial charge < -0.3 is 15.5 Å². The minimum Gasteiger partial charge on any atom is -0.357 e. The Labute approximate surface area is 125 Å². The summed E-state index contributed by atoms with van der Waals surface area (Å²) in [6.45, 7) is 16.4. The molecule has 4 nitrogen and oxygen atoms in total. The third-order valence-corrected chi connectivity index (χ3v) is 3.80. The molecule has 1 heterocycles. The number of likely N-dealkylation sites (tertiary alicyclic amines) is 1. The summed E-state index contributed by atoms with van der Waals surface area (Å²) in [7, 11) is 0. The van der Waals surface area contributed by atoms with Crippen molar-refractivity contribution in [3.63, 3.8) is 0 Å². The smallest absolute Gasteiger partial charge is 0.191 e. The Morgan fingerprint density at radius 3 is 2.60 bits per heavy atom. The molecule has 0 radical (unpaired) electrons. The largest absolute Gasteiger partial charge is 0.357 e. The fourth-order valence-corrected chi connectivity index (χ4v) is 2.59. The summed E-state index contributed by atoms with van der Waals surface area (Å²) >= 11 is 0. The average molecular weight is 282 g/mol. The van der Waals surface area contributed by atoms with Crippen molar-refractivity contribution in [2.75, 3.05) is 32.7 Å². The van der Waals surface area contributed by atoms with Crippen LogP contribution in [0, 0.1) is 11.8 Å². The zero-order chi connectivity index (χ0) is 15.0. The summed E-state index contributed by atoms with van der Waals surface area (Å²) in [5.74, 6) is 2.33. The Kier molecular flexibility index (Phi) is 7.97. The molecule has 2 N–H and O–H groups in total. The lowest BCUT2D eigenvalue weighted by atomic mass is 9.97. The van der Waals surface area contributed by atoms with Crippen LogP contribution in [-0.4, -0.2) is 49.6 Å². The zero-order valence-corrected chi connectivity index (χ0v) is 14.1. The van der Waals surface area contributed by atoms with Crippen LogP contribution in [0.3, 0.4) is 0 Å². The van der Waals surface area contributed by atoms with E-state index in [-0.39, 0.29) is 0 Å². The van der Waals surface area contributed by atoms with Crippen molar-refractivity contribution in [2.24, 2.45) is 16.8 Å². The van der Waals surface area contributed by atoms with E-state index < -0.39 is 0 Å². The molecule has 118 valence electrons. The number of nitrogens with one attached hydrogen (secondary N) is 2. The van der Waals surface area contributed by atoms with Gasteiger partial charge in [-0.1, -0.05) is 13.8 Å². The van der Waals surface area contributed by atoms with Crippen molar-refractivity contribution >= 4 is 5.96 Å². The highest BCUT2D eigenvalue weighted by Crippen LogP contribution is 2.17. The van der Waals surface area contributed by atoms with E-state index in [0.29, 0.717) is 12.0 Å². The van der Waals surface area contributed by atoms with Gasteiger partial charge in [0.1, 0.15) is 0 Å². The van der Waals surface area contributed by atoms with Crippen LogP contribution in [0.25, 0.3) is 0 Å². The van der Waals surface area contributed by atoms with Crippen LogP contribution in [0.4, 0.5) is 0 Å². The quantitative estimate of drug-likeness (QED) is 0.580. The van der Waals surface area contributed by atoms with Crippen LogP contribution >= 0.6 is 0 Å². The fraction of sp³-hybridized carbons (Fsp3) is 0.938. The number of guanidine groups is 1. The van der Waals surface area contributed by atoms with E-state index in [0.717, 1.165) is 31.5 Å². The van der Waals surface area contributed by atoms with Gasteiger partial charge in [0.25, 0.3) is 0 Å². The molecule has 1 unspecified atom stereocenters. The lowest BCUT2D eigenvalue weighted by Gasteiger charge is -2.35. The molecule has 0 saturated carbocycles. The molecule has 0 aromatic heterocycles. The van der Waals surface area contributed by atoms with Crippen molar-refractivity contribution in [1.82, 2.24) is 15.5 Å². The van der Waals surface area contributed by atoms with Gasteiger partial charge in [-0.05, 0) is 52.0 Å². The van der Waals surface area contributed by atoms with E-state index in [1.54, 1.807) is 0 Å². The second kappa shape index (κ2) is 9.22. The van der Waals surface area contributed by atoms with Crippen molar-refractivity contribution in [1.29, 1.82) is 0 Å². The van der Waals surface area contributed by atoms with Gasteiger partial charge in [0.05, 0.1) is 0 Å². The Morgan fingerprint density at radius 2 is 2.00 bits per heavy atom. The van der Waals surface area contributed by atoms with Gasteiger partial charge in [-0.25, -0.2) is 0 Å². The SMILES string of the molecule is CCNC(=NCC(C)C)NCC1CCCN(C(C)C)C1. The molecule has 0 bridgehead atoms. The number of piperidine rings is 1. The van der Waals surface area contributed by atoms with Crippen LogP contribution in [-0.2, 0) is 0 Å². The first-order chi connectivity index (χ1) is 9.52. The molecule has 0 aromatic carbocycles. The van der Waals surface area contributed by atoms with E-state index in [1.165, 1.54) is 25.9 Å². The van der Waals surface area contributed by atoms with Crippen LogP contribution in [0.5, 0.6) is 0 Å². The fourth-order valence-electron chi connectivity index (χ4n) is 2.59. The Bertz CT molecular complexity index is 286. The van der Waals surface area contributed by atoms with E-state index in [1.807, 2.05) is 0 Å². The maximum Gasteiger partial charge on any atom is 0.191 e. The molecule has 0 aliphatic carbocycles. The van der Waals surface area contributed by atoms with Gasteiger partial charge in [0.2, 0.25) is 0 Å². The van der Waals surface area contributed by atoms with Crippen LogP contribution in [0.1, 0.15) is 47.5 Å². The molecule has 4 heteroatoms. The van der Waals surface area contributed by atoms with Gasteiger partial charge in [-0.15, -0.1) is 0 Å². The number of rotatable bonds is 6. The summed E-state index contributed by atoms with van der Waals surface area (Å²) in [6.07, 6.45) is 2.66. The third-order valence-electron chi connectivity index (χ3n) is 3.80. The highest BCUT2D eigenvalue weighted by molar-refractivity contribution is 5.79. The molecular formula is C16H34N4. The van der Waals surface area contributed by atoms with Gasteiger partial charge in [0, 0.05) is 32.2 Å². The first-order valence-corrected chi connectivity index (χ1v) is 8.29. The topological polar surface area (TPSA) is 39.7 Å². The van der Waals surface area contributed by atoms with Crippen LogP contribution in [0.15, 0.2) is 4.99 Å². The third kappa shape index (κ3) is 6.60. The predicted octanol–water partition coefficient (Wildman–Crippen LogP) is 2.32. The highest BCUT2D eigenvalue weighted by Gasteiger charge is 2.21. The Balaban J connectivity index is 2.40. The maximum atomic E-state index is 4.63. The Morgan fingerprint density at radius 1 is 1.25 bits per heavy atom. The monoisotopic (exact) mass is 282 g/mol. The van der Waals surface area contributed by atoms with Crippen molar-refractivity contribution in [3.05, 3.63) is 0 Å². The second-order valence-electron chi connectivity index (χ2n) is 6.59. The molecule has 1 saturated heterocycles. The minimum absolute atomic E-state index is 0.608. The summed E-state index contributed by atoms with van der Waals surface area (Å²) < 4.78 is 0. The summed E-state index contributed by atoms with van der Waals surface area (Å²) in [5, 5.41) is 6.85. The number of hydrogen-bond donors (Lipinski definition) is 2. The molecule has 1 atom stereocenters. The van der Waals surface area contributed by atoms with Crippen molar-refractivity contribution in [2.45, 2.75) is 53.5 Å². The lowest BCUT2D eigenvalue weighted by Crippen LogP contribution is -2.46. The molecule has 1 aliphatic rings. The maximum absolute atomic E-state index is 4.63. The highest BCUT2D eigenvalue weighted by atomic mass is 15.2. The standard InChI is InChI=1S/C16H34N4/c1-6-17-16(18-10-13(2)3)19-11-15-8-7-9-20(12-15)14(4)5/h13-15H,6-12H2,1-5H3,(H2,17,18,19). The molecule has 1 aliphatic heterocycles. The summed E-state index contributed by atoms with van der Waals surface area (Å²) in [4.78, 5) is 7.22. The van der Waals surface area contributed by atoms with Gasteiger partial charge in [-0.2, -0.15) is 0 Å². The number of aliphatic imine (C=N–C) groups is 1. The molecule has 20 heavy (non-hydrogen) atoms. The minimum atomic E-state index is 0.608. The van der Waals surface area contributed by atoms with Gasteiger partial charge >= 0.3 is 0 Å². The molecule has 0 amide bonds. The molecule has 0 aromatic rings. The van der Waals surface area contributed by atoms with Gasteiger partial charge in [-0.3, -0.25) is 4.99 Å². The molecule has 1 fully saturated rings. The van der Waals surface area contributed by atoms with Crippen LogP contribution in [0.2, 0.25) is 0 Å². The second-order valence-corrected chi connectivity index (χ2v) is 6.59. The van der Waals surface area contributed by atoms with E-state index in [9.17, 15) is 0 Å². The number of nitrogens with zero attached hydrogens (tertiary/aromatic N) is 2. The normalized spacial score (nSPS) is 21.6. The summed E-state index contributed by atoms with van der Waals surface area (Å²) in [5.41, 5.74) is 0. The number of hydrogen-bond acceptors (Lipinski definition) is 2. The van der Waals surface area contributed by atoms with Crippen molar-refractivity contribution in [3.8, 4) is 0 Å². The predicted molar refractivity (Wildman–Crippen MR) is 88.3 cm³/mol. The van der Waals surface area contributed by atoms with Gasteiger partial charge in [0.15, 0.2) is 5.96 Å². The first kappa shape index (κ1) is 17.3. The summed E-state index contributed by atoms with van der Waals surface area (Å²) in [6, 6.07) is 0.667. The van der Waals surface area contributed by atoms with Crippen molar-refractivity contribution < 1.29 is 0 Å². The van der Waals surface area contributed by atoms with E-state index >= 15 is 0 Å². The first-order valence-electron chi connectivity index (χ1n) is 8.29. The van der Waals surface area contributed by atoms with E-state index in [4.69, 9.17) is 0 Å². The lowest BCUT2D eigenvalue weighted by molar-refractivity contribution is 0.141. The average Bonchev–Trinajstić information content (AvgIpc) is 2.42. The molecular weight excluding hydrogens is 248 g/mol. The zero-order valence-electron chi connectivity index (χ0n) is 14.1. The van der Waals surface area contributed by atoms with Crippen LogP contribution < -0.4 is 10.6 Å². The molecule has 1 rings (SSSR count). The van der Waals surface area contributed by atoms with E-state index in [2.05, 4.69) is 55.1 Å². The molecule has 0 spiro atoms.